The summed E-state index contributed by atoms with van der Waals surface area (Å²) in [5.74, 6) is -1.92. The Labute approximate surface area is 528 Å². The highest BCUT2D eigenvalue weighted by Gasteiger charge is 2.33. The first kappa shape index (κ1) is 81.6. The number of aliphatic hydroxyl groups excluding tert-OH is 2. The summed E-state index contributed by atoms with van der Waals surface area (Å²) >= 11 is 10.2. The van der Waals surface area contributed by atoms with Gasteiger partial charge in [0.05, 0.1) is 65.1 Å². The fourth-order valence-electron chi connectivity index (χ4n) is 5.56. The molecule has 0 saturated heterocycles. The predicted octanol–water partition coefficient (Wildman–Crippen LogP) is 16.6. The monoisotopic (exact) mass is 1400 g/mol. The van der Waals surface area contributed by atoms with E-state index in [2.05, 4.69) is 71.5 Å². The first-order valence-electron chi connectivity index (χ1n) is 23.4. The largest absolute Gasteiger partial charge is 0.523 e. The highest BCUT2D eigenvalue weighted by atomic mass is 36.0. The number of carbonyl (C=O) groups is 5. The van der Waals surface area contributed by atoms with E-state index in [-0.39, 0.29) is 30.1 Å². The zero-order valence-electron chi connectivity index (χ0n) is 45.8. The van der Waals surface area contributed by atoms with Crippen LogP contribution in [0.2, 0.25) is 0 Å². The minimum atomic E-state index is -4.45. The second-order valence-electron chi connectivity index (χ2n) is 16.4. The third-order valence-electron chi connectivity index (χ3n) is 9.91. The Balaban J connectivity index is 0.00000108. The molecule has 7 rings (SSSR count). The summed E-state index contributed by atoms with van der Waals surface area (Å²) in [4.78, 5) is 61.2. The van der Waals surface area contributed by atoms with Gasteiger partial charge in [-0.2, -0.15) is 52.7 Å². The maximum atomic E-state index is 12.4. The maximum absolute atomic E-state index is 12.4. The minimum Gasteiger partial charge on any atom is -0.523 e. The average molecular weight is 1400 g/mol. The number of aryl methyl sites for hydroxylation is 3. The number of aliphatic hydroxyl groups is 2. The van der Waals surface area contributed by atoms with Crippen molar-refractivity contribution in [3.63, 3.8) is 0 Å². The van der Waals surface area contributed by atoms with Gasteiger partial charge in [-0.05, 0) is 155 Å². The fraction of sp³-hybridized carbons (Fsp3) is 0.185. The molecule has 0 fully saturated rings. The molecular formula is C54H45Cl4F12N9O11S. The van der Waals surface area contributed by atoms with E-state index in [1.807, 2.05) is 0 Å². The van der Waals surface area contributed by atoms with Crippen LogP contribution in [0.4, 0.5) is 75.4 Å². The van der Waals surface area contributed by atoms with Crippen LogP contribution < -0.4 is 21.7 Å². The van der Waals surface area contributed by atoms with Gasteiger partial charge in [0, 0.05) is 44.1 Å². The Hall–Kier alpha value is -9.41. The SMILES string of the molecule is C.Cc1oncc1C(=O)Cl.Cc1oncc1C(=O)Cl.Cc1oncc1C(=O)Nc1ccc(C(F)(F)F)cc1.Nc1ccc(C(F)(F)F)cc1.O=S(Cl)Cl.[C-]#[N+]/C(C(=O)Nc1ccc(C(F)(F)F)cc1)=C(\C)O.[C-]#[N+]/C(C(=O)Nc1ccc(C(F)(F)F)cc1)=C(\C)O. The second kappa shape index (κ2) is 37.6. The normalized spacial score (nSPS) is 11.2. The zero-order chi connectivity index (χ0) is 69.1. The van der Waals surface area contributed by atoms with Gasteiger partial charge >= 0.3 is 24.7 Å². The van der Waals surface area contributed by atoms with Crippen molar-refractivity contribution in [1.82, 2.24) is 15.5 Å². The number of benzene rings is 4. The van der Waals surface area contributed by atoms with Crippen LogP contribution in [0.3, 0.4) is 0 Å². The van der Waals surface area contributed by atoms with E-state index in [0.29, 0.717) is 34.1 Å². The summed E-state index contributed by atoms with van der Waals surface area (Å²) in [6, 6.07) is 16.0. The van der Waals surface area contributed by atoms with Crippen molar-refractivity contribution < 1.29 is 105 Å². The van der Waals surface area contributed by atoms with Crippen LogP contribution in [0, 0.1) is 33.9 Å². The van der Waals surface area contributed by atoms with Crippen LogP contribution in [0.15, 0.2) is 152 Å². The lowest BCUT2D eigenvalue weighted by atomic mass is 10.2. The molecule has 3 amide bonds. The van der Waals surface area contributed by atoms with E-state index < -0.39 is 107 Å². The fourth-order valence-corrected chi connectivity index (χ4v) is 5.93. The topological polar surface area (TPSA) is 292 Å². The van der Waals surface area contributed by atoms with E-state index in [1.54, 1.807) is 20.8 Å². The molecule has 0 aliphatic rings. The molecule has 0 saturated carbocycles. The van der Waals surface area contributed by atoms with Crippen molar-refractivity contribution in [2.24, 2.45) is 0 Å². The maximum Gasteiger partial charge on any atom is 0.416 e. The molecule has 0 bridgehead atoms. The van der Waals surface area contributed by atoms with Gasteiger partial charge in [-0.1, -0.05) is 22.9 Å². The summed E-state index contributed by atoms with van der Waals surface area (Å²) in [6.07, 6.45) is -13.7. The summed E-state index contributed by atoms with van der Waals surface area (Å²) in [7, 11) is 7.36. The molecule has 20 nitrogen and oxygen atoms in total. The molecule has 91 heavy (non-hydrogen) atoms. The van der Waals surface area contributed by atoms with Crippen molar-refractivity contribution in [3.05, 3.63) is 218 Å². The number of anilines is 4. The van der Waals surface area contributed by atoms with E-state index in [9.17, 15) is 76.7 Å². The second-order valence-corrected chi connectivity index (χ2v) is 19.6. The molecule has 7 aromatic rings. The molecule has 0 radical (unpaired) electrons. The first-order valence-corrected chi connectivity index (χ1v) is 26.9. The minimum absolute atomic E-state index is 0. The van der Waals surface area contributed by atoms with Gasteiger partial charge in [0.15, 0.2) is 0 Å². The predicted molar refractivity (Wildman–Crippen MR) is 310 cm³/mol. The summed E-state index contributed by atoms with van der Waals surface area (Å²) in [5, 5.41) is 34.1. The van der Waals surface area contributed by atoms with Crippen molar-refractivity contribution in [3.8, 4) is 0 Å². The van der Waals surface area contributed by atoms with Gasteiger partial charge < -0.3 is 45.5 Å². The molecule has 0 spiro atoms. The molecule has 0 aliphatic heterocycles. The highest BCUT2D eigenvalue weighted by Crippen LogP contribution is 2.33. The van der Waals surface area contributed by atoms with Crippen molar-refractivity contribution >= 4 is 105 Å². The van der Waals surface area contributed by atoms with Crippen LogP contribution in [-0.4, -0.2) is 58.1 Å². The zero-order valence-corrected chi connectivity index (χ0v) is 49.6. The van der Waals surface area contributed by atoms with Crippen molar-refractivity contribution in [1.29, 1.82) is 0 Å². The Morgan fingerprint density at radius 1 is 0.495 bits per heavy atom. The van der Waals surface area contributed by atoms with Crippen LogP contribution in [0.5, 0.6) is 0 Å². The Morgan fingerprint density at radius 2 is 0.725 bits per heavy atom. The summed E-state index contributed by atoms with van der Waals surface area (Å²) in [6.45, 7) is 20.6. The van der Waals surface area contributed by atoms with Gasteiger partial charge in [-0.25, -0.2) is 13.9 Å². The van der Waals surface area contributed by atoms with E-state index in [0.717, 1.165) is 72.8 Å². The molecule has 7 N–H and O–H groups in total. The summed E-state index contributed by atoms with van der Waals surface area (Å²) in [5.41, 5.74) is 2.73. The number of nitrogens with zero attached hydrogens (tertiary/aromatic N) is 5. The lowest BCUT2D eigenvalue weighted by Gasteiger charge is -2.08. The molecule has 490 valence electrons. The first-order chi connectivity index (χ1) is 41.5. The number of nitrogens with one attached hydrogen (secondary N) is 3. The molecule has 37 heteroatoms. The molecule has 4 aromatic carbocycles. The molecular weight excluding hydrogens is 1350 g/mol. The number of amides is 3. The number of aromatic nitrogens is 3. The molecule has 0 aliphatic carbocycles. The van der Waals surface area contributed by atoms with Crippen molar-refractivity contribution in [2.75, 3.05) is 21.7 Å². The number of rotatable bonds is 8. The highest BCUT2D eigenvalue weighted by molar-refractivity contribution is 8.26. The quantitative estimate of drug-likeness (QED) is 0.0206. The number of alkyl halides is 12. The van der Waals surface area contributed by atoms with Gasteiger partial charge in [0.2, 0.25) is 9.23 Å². The molecule has 0 atom stereocenters. The molecule has 3 aromatic heterocycles. The number of hydrogen-bond donors (Lipinski definition) is 6. The van der Waals surface area contributed by atoms with Gasteiger partial charge in [-0.15, -0.1) is 0 Å². The number of allylic oxidation sites excluding steroid dienone is 2. The van der Waals surface area contributed by atoms with Crippen LogP contribution in [-0.2, 0) is 43.5 Å². The molecule has 3 heterocycles. The number of nitrogens with two attached hydrogens (primary N) is 1. The third kappa shape index (κ3) is 30.1. The number of nitrogen functional groups attached to an aromatic ring is 1. The van der Waals surface area contributed by atoms with Gasteiger partial charge in [-0.3, -0.25) is 24.0 Å². The Kier molecular flexibility index (Phi) is 33.7. The van der Waals surface area contributed by atoms with E-state index >= 15 is 0 Å². The third-order valence-corrected chi connectivity index (χ3v) is 10.3. The number of halogens is 16. The van der Waals surface area contributed by atoms with Crippen LogP contribution >= 0.6 is 44.6 Å². The Morgan fingerprint density at radius 3 is 0.912 bits per heavy atom. The molecule has 0 unspecified atom stereocenters. The smallest absolute Gasteiger partial charge is 0.416 e. The lowest BCUT2D eigenvalue weighted by molar-refractivity contribution is -0.138. The van der Waals surface area contributed by atoms with Gasteiger partial charge in [0.25, 0.3) is 39.6 Å². The van der Waals surface area contributed by atoms with E-state index in [4.69, 9.17) is 61.0 Å². The lowest BCUT2D eigenvalue weighted by Crippen LogP contribution is -2.14. The Bertz CT molecular complexity index is 3550. The van der Waals surface area contributed by atoms with Crippen LogP contribution in [0.1, 0.15) is 91.9 Å². The van der Waals surface area contributed by atoms with Crippen molar-refractivity contribution in [2.45, 2.75) is 66.8 Å². The number of carbonyl (C=O) groups excluding carboxylic acids is 5. The number of hydrogen-bond acceptors (Lipinski definition) is 15. The summed E-state index contributed by atoms with van der Waals surface area (Å²) < 4.78 is 169. The van der Waals surface area contributed by atoms with Gasteiger partial charge in [0.1, 0.15) is 34.4 Å². The van der Waals surface area contributed by atoms with E-state index in [1.165, 1.54) is 56.7 Å². The average Bonchev–Trinajstić information content (AvgIpc) is 3.29. The van der Waals surface area contributed by atoms with Crippen LogP contribution in [0.25, 0.3) is 9.69 Å². The standard InChI is InChI=1S/3C12H9F3N2O2.C7H6F3N.2C5H4ClNO2.CH4.Cl2OS/c1-7-10(6-16-19-7)11(18)17-9-4-2-8(3-5-9)12(13,14)15;2*1-7(18)10(16-2)11(19)17-9-5-3-8(4-6-9)12(13,14)15;8-7(9,10)5-1-3-6(11)4-2-5;2*1-3-4(5(6)8)2-7-9-3;;1-4(2)3/h2-6H,1H3,(H,17,18);2*3-6,18H,1H3,(H,17,19);1-4H,11H2;2*2H,1H3;1H4;/b;2*10-7+;;;;;.